The number of piperazine rings is 2. The number of carbonyl (C=O) groups is 4. The van der Waals surface area contributed by atoms with Crippen molar-refractivity contribution in [3.05, 3.63) is 0 Å². The Kier molecular flexibility index (Phi) is 7.71. The molecule has 0 atom stereocenters. The first-order valence-corrected chi connectivity index (χ1v) is 9.57. The van der Waals surface area contributed by atoms with E-state index in [0.717, 1.165) is 25.7 Å². The molecule has 0 spiro atoms. The van der Waals surface area contributed by atoms with E-state index < -0.39 is 0 Å². The molecule has 0 bridgehead atoms. The molecule has 0 N–H and O–H groups in total. The first kappa shape index (κ1) is 20.5. The van der Waals surface area contributed by atoms with Crippen LogP contribution in [0.3, 0.4) is 0 Å². The summed E-state index contributed by atoms with van der Waals surface area (Å²) < 4.78 is 0. The lowest BCUT2D eigenvalue weighted by molar-refractivity contribution is -0.154. The third-order valence-electron chi connectivity index (χ3n) is 4.84. The molecule has 0 unspecified atom stereocenters. The van der Waals surface area contributed by atoms with E-state index in [4.69, 9.17) is 0 Å². The van der Waals surface area contributed by atoms with Gasteiger partial charge in [-0.3, -0.25) is 38.8 Å². The predicted molar refractivity (Wildman–Crippen MR) is 96.1 cm³/mol. The molecule has 0 aromatic rings. The van der Waals surface area contributed by atoms with E-state index in [1.54, 1.807) is 9.80 Å². The number of carbonyl (C=O) groups excluding carboxylic acids is 4. The third kappa shape index (κ3) is 5.35. The Hall–Kier alpha value is -1.80. The monoisotopic (exact) mass is 366 g/mol. The molecule has 146 valence electrons. The lowest BCUT2D eigenvalue weighted by atomic mass is 10.2. The van der Waals surface area contributed by atoms with Crippen molar-refractivity contribution in [1.29, 1.82) is 0 Å². The average Bonchev–Trinajstić information content (AvgIpc) is 2.58. The maximum atomic E-state index is 12.2. The Labute approximate surface area is 155 Å². The van der Waals surface area contributed by atoms with Crippen molar-refractivity contribution in [3.8, 4) is 0 Å². The second-order valence-corrected chi connectivity index (χ2v) is 7.01. The molecule has 8 heteroatoms. The topological polar surface area (TPSA) is 81.2 Å². The molecule has 0 saturated carbocycles. The fraction of sp³-hybridized carbons (Fsp3) is 0.778. The average molecular weight is 366 g/mol. The SMILES string of the molecule is CCCCN1C(=O)CN(CCN2CC(=O)N(CCCC)C(=O)C2)CC1=O. The molecule has 0 aromatic heterocycles. The number of hydrogen-bond acceptors (Lipinski definition) is 6. The molecule has 0 radical (unpaired) electrons. The molecular formula is C18H30N4O4. The van der Waals surface area contributed by atoms with Crippen LogP contribution in [0.25, 0.3) is 0 Å². The van der Waals surface area contributed by atoms with Crippen molar-refractivity contribution in [3.63, 3.8) is 0 Å². The zero-order valence-corrected chi connectivity index (χ0v) is 15.9. The van der Waals surface area contributed by atoms with Crippen LogP contribution in [0.5, 0.6) is 0 Å². The largest absolute Gasteiger partial charge is 0.284 e. The van der Waals surface area contributed by atoms with Gasteiger partial charge in [0.2, 0.25) is 23.6 Å². The number of imide groups is 2. The normalized spacial score (nSPS) is 20.4. The smallest absolute Gasteiger partial charge is 0.243 e. The van der Waals surface area contributed by atoms with Gasteiger partial charge >= 0.3 is 0 Å². The first-order valence-electron chi connectivity index (χ1n) is 9.57. The molecule has 4 amide bonds. The minimum absolute atomic E-state index is 0.161. The van der Waals surface area contributed by atoms with E-state index in [1.165, 1.54) is 9.80 Å². The predicted octanol–water partition coefficient (Wildman–Crippen LogP) is -0.0718. The molecule has 26 heavy (non-hydrogen) atoms. The van der Waals surface area contributed by atoms with E-state index in [2.05, 4.69) is 0 Å². The van der Waals surface area contributed by atoms with Crippen molar-refractivity contribution < 1.29 is 19.2 Å². The molecule has 2 heterocycles. The van der Waals surface area contributed by atoms with Crippen LogP contribution in [-0.4, -0.2) is 95.6 Å². The number of amides is 4. The number of unbranched alkanes of at least 4 members (excludes halogenated alkanes) is 2. The van der Waals surface area contributed by atoms with E-state index in [0.29, 0.717) is 26.2 Å². The summed E-state index contributed by atoms with van der Waals surface area (Å²) in [6.07, 6.45) is 3.52. The second kappa shape index (κ2) is 9.78. The van der Waals surface area contributed by atoms with Gasteiger partial charge < -0.3 is 0 Å². The van der Waals surface area contributed by atoms with E-state index >= 15 is 0 Å². The summed E-state index contributed by atoms with van der Waals surface area (Å²) in [6.45, 7) is 6.88. The fourth-order valence-corrected chi connectivity index (χ4v) is 3.23. The van der Waals surface area contributed by atoms with Gasteiger partial charge in [0.15, 0.2) is 0 Å². The quantitative estimate of drug-likeness (QED) is 0.531. The summed E-state index contributed by atoms with van der Waals surface area (Å²) in [5.74, 6) is -0.644. The van der Waals surface area contributed by atoms with Crippen LogP contribution >= 0.6 is 0 Å². The summed E-state index contributed by atoms with van der Waals surface area (Å²) in [7, 11) is 0. The molecule has 2 aliphatic heterocycles. The minimum Gasteiger partial charge on any atom is -0.284 e. The van der Waals surface area contributed by atoms with Crippen molar-refractivity contribution in [2.24, 2.45) is 0 Å². The molecule has 8 nitrogen and oxygen atoms in total. The van der Waals surface area contributed by atoms with Crippen molar-refractivity contribution >= 4 is 23.6 Å². The maximum Gasteiger partial charge on any atom is 0.243 e. The van der Waals surface area contributed by atoms with Crippen molar-refractivity contribution in [1.82, 2.24) is 19.6 Å². The van der Waals surface area contributed by atoms with Gasteiger partial charge in [-0.05, 0) is 12.8 Å². The summed E-state index contributed by atoms with van der Waals surface area (Å²) >= 11 is 0. The fourth-order valence-electron chi connectivity index (χ4n) is 3.23. The van der Waals surface area contributed by atoms with Crippen LogP contribution in [0.4, 0.5) is 0 Å². The van der Waals surface area contributed by atoms with Gasteiger partial charge in [0.1, 0.15) is 0 Å². The molecule has 0 aliphatic carbocycles. The Bertz CT molecular complexity index is 467. The minimum atomic E-state index is -0.161. The van der Waals surface area contributed by atoms with Gasteiger partial charge in [-0.25, -0.2) is 0 Å². The number of hydrogen-bond donors (Lipinski definition) is 0. The summed E-state index contributed by atoms with van der Waals surface area (Å²) in [5, 5.41) is 0. The summed E-state index contributed by atoms with van der Waals surface area (Å²) in [6, 6.07) is 0. The molecular weight excluding hydrogens is 336 g/mol. The number of nitrogens with zero attached hydrogens (tertiary/aromatic N) is 4. The van der Waals surface area contributed by atoms with Crippen molar-refractivity contribution in [2.75, 3.05) is 52.4 Å². The Morgan fingerprint density at radius 3 is 1.15 bits per heavy atom. The van der Waals surface area contributed by atoms with E-state index in [-0.39, 0.29) is 49.8 Å². The Balaban J connectivity index is 1.79. The highest BCUT2D eigenvalue weighted by molar-refractivity contribution is 6.00. The molecule has 0 aromatic carbocycles. The molecule has 2 saturated heterocycles. The van der Waals surface area contributed by atoms with E-state index in [9.17, 15) is 19.2 Å². The van der Waals surface area contributed by atoms with Gasteiger partial charge in [-0.2, -0.15) is 0 Å². The van der Waals surface area contributed by atoms with Crippen LogP contribution in [0, 0.1) is 0 Å². The first-order chi connectivity index (χ1) is 12.5. The standard InChI is InChI=1S/C18H30N4O4/c1-3-5-7-21-15(23)11-19(12-16(21)24)9-10-20-13-17(25)22(8-6-4-2)18(26)14-20/h3-14H2,1-2H3. The van der Waals surface area contributed by atoms with Crippen LogP contribution in [0.2, 0.25) is 0 Å². The molecule has 2 rings (SSSR count). The maximum absolute atomic E-state index is 12.2. The van der Waals surface area contributed by atoms with Gasteiger partial charge in [-0.1, -0.05) is 26.7 Å². The Morgan fingerprint density at radius 2 is 0.885 bits per heavy atom. The zero-order chi connectivity index (χ0) is 19.1. The van der Waals surface area contributed by atoms with Gasteiger partial charge in [0.25, 0.3) is 0 Å². The lowest BCUT2D eigenvalue weighted by Gasteiger charge is -2.36. The van der Waals surface area contributed by atoms with Gasteiger partial charge in [0.05, 0.1) is 26.2 Å². The van der Waals surface area contributed by atoms with E-state index in [1.807, 2.05) is 13.8 Å². The Morgan fingerprint density at radius 1 is 0.577 bits per heavy atom. The second-order valence-electron chi connectivity index (χ2n) is 7.01. The van der Waals surface area contributed by atoms with Crippen molar-refractivity contribution in [2.45, 2.75) is 39.5 Å². The molecule has 2 aliphatic rings. The highest BCUT2D eigenvalue weighted by Crippen LogP contribution is 2.10. The summed E-state index contributed by atoms with van der Waals surface area (Å²) in [5.41, 5.74) is 0. The van der Waals surface area contributed by atoms with Gasteiger partial charge in [0, 0.05) is 26.2 Å². The van der Waals surface area contributed by atoms with Crippen LogP contribution in [0.15, 0.2) is 0 Å². The summed E-state index contributed by atoms with van der Waals surface area (Å²) in [4.78, 5) is 54.9. The lowest BCUT2D eigenvalue weighted by Crippen LogP contribution is -2.57. The third-order valence-corrected chi connectivity index (χ3v) is 4.84. The van der Waals surface area contributed by atoms with Crippen LogP contribution in [-0.2, 0) is 19.2 Å². The highest BCUT2D eigenvalue weighted by Gasteiger charge is 2.33. The zero-order valence-electron chi connectivity index (χ0n) is 15.9. The van der Waals surface area contributed by atoms with Crippen LogP contribution < -0.4 is 0 Å². The van der Waals surface area contributed by atoms with Gasteiger partial charge in [-0.15, -0.1) is 0 Å². The molecule has 2 fully saturated rings. The highest BCUT2D eigenvalue weighted by atomic mass is 16.2. The van der Waals surface area contributed by atoms with Crippen LogP contribution in [0.1, 0.15) is 39.5 Å². The number of rotatable bonds is 9.